The molecule has 0 spiro atoms. The van der Waals surface area contributed by atoms with Gasteiger partial charge in [-0.1, -0.05) is 24.2 Å². The van der Waals surface area contributed by atoms with Crippen LogP contribution in [0.25, 0.3) is 16.7 Å². The largest absolute Gasteiger partial charge is 0.506 e. The average molecular weight is 358 g/mol. The van der Waals surface area contributed by atoms with E-state index in [2.05, 4.69) is 16.8 Å². The van der Waals surface area contributed by atoms with Crippen LogP contribution in [0.1, 0.15) is 12.5 Å². The maximum Gasteiger partial charge on any atom is 0.333 e. The Labute approximate surface area is 149 Å². The van der Waals surface area contributed by atoms with E-state index >= 15 is 0 Å². The molecule has 0 atom stereocenters. The van der Waals surface area contributed by atoms with Crippen molar-refractivity contribution in [3.05, 3.63) is 59.1 Å². The van der Waals surface area contributed by atoms with Crippen molar-refractivity contribution in [3.8, 4) is 11.4 Å². The molecule has 0 aliphatic heterocycles. The lowest BCUT2D eigenvalue weighted by Gasteiger charge is -2.08. The topological polar surface area (TPSA) is 77.2 Å². The number of halogens is 1. The van der Waals surface area contributed by atoms with Gasteiger partial charge in [-0.25, -0.2) is 4.79 Å². The van der Waals surface area contributed by atoms with Crippen LogP contribution < -0.4 is 0 Å². The Hall–Kier alpha value is -2.86. The van der Waals surface area contributed by atoms with Crippen molar-refractivity contribution in [1.29, 1.82) is 0 Å². The van der Waals surface area contributed by atoms with E-state index in [4.69, 9.17) is 16.3 Å². The van der Waals surface area contributed by atoms with Crippen molar-refractivity contribution in [2.24, 2.45) is 0 Å². The zero-order valence-corrected chi connectivity index (χ0v) is 14.3. The Bertz CT molecular complexity index is 965. The molecule has 3 rings (SSSR count). The van der Waals surface area contributed by atoms with Crippen LogP contribution >= 0.6 is 11.6 Å². The lowest BCUT2D eigenvalue weighted by molar-refractivity contribution is -0.138. The fourth-order valence-electron chi connectivity index (χ4n) is 2.26. The number of rotatable bonds is 5. The number of carbonyl (C=O) groups is 1. The van der Waals surface area contributed by atoms with Crippen molar-refractivity contribution in [3.63, 3.8) is 0 Å². The van der Waals surface area contributed by atoms with Crippen molar-refractivity contribution < 1.29 is 14.6 Å². The quantitative estimate of drug-likeness (QED) is 0.559. The van der Waals surface area contributed by atoms with Gasteiger partial charge in [0, 0.05) is 17.0 Å². The van der Waals surface area contributed by atoms with Gasteiger partial charge in [-0.05, 0) is 42.8 Å². The summed E-state index contributed by atoms with van der Waals surface area (Å²) in [6.07, 6.45) is 0.499. The van der Waals surface area contributed by atoms with Crippen molar-refractivity contribution >= 4 is 28.6 Å². The second-order valence-corrected chi connectivity index (χ2v) is 6.05. The van der Waals surface area contributed by atoms with Crippen molar-refractivity contribution in [2.75, 3.05) is 6.61 Å². The monoisotopic (exact) mass is 357 g/mol. The van der Waals surface area contributed by atoms with Gasteiger partial charge in [0.25, 0.3) is 0 Å². The first kappa shape index (κ1) is 17.0. The number of hydrogen-bond donors (Lipinski definition) is 1. The molecule has 2 aromatic carbocycles. The first-order valence-corrected chi connectivity index (χ1v) is 7.99. The average Bonchev–Trinajstić information content (AvgIpc) is 2.98. The molecule has 0 bridgehead atoms. The van der Waals surface area contributed by atoms with E-state index in [1.165, 1.54) is 4.80 Å². The summed E-state index contributed by atoms with van der Waals surface area (Å²) in [5, 5.41) is 19.4. The third kappa shape index (κ3) is 3.80. The fraction of sp³-hybridized carbons (Fsp3) is 0.167. The van der Waals surface area contributed by atoms with Gasteiger partial charge >= 0.3 is 5.97 Å². The lowest BCUT2D eigenvalue weighted by atomic mass is 10.1. The molecule has 6 nitrogen and oxygen atoms in total. The molecular formula is C18H16ClN3O3. The molecule has 1 N–H and O–H groups in total. The number of nitrogens with zero attached hydrogens (tertiary/aromatic N) is 3. The van der Waals surface area contributed by atoms with Crippen LogP contribution in [0.5, 0.6) is 5.75 Å². The van der Waals surface area contributed by atoms with Crippen LogP contribution in [0, 0.1) is 0 Å². The Kier molecular flexibility index (Phi) is 4.72. The number of fused-ring (bicyclic) bond motifs is 1. The fourth-order valence-corrected chi connectivity index (χ4v) is 2.43. The molecule has 7 heteroatoms. The van der Waals surface area contributed by atoms with Crippen LogP contribution in [-0.2, 0) is 16.0 Å². The molecule has 25 heavy (non-hydrogen) atoms. The smallest absolute Gasteiger partial charge is 0.333 e. The highest BCUT2D eigenvalue weighted by atomic mass is 35.5. The minimum absolute atomic E-state index is 0.0501. The number of aromatic hydroxyl groups is 1. The summed E-state index contributed by atoms with van der Waals surface area (Å²) in [7, 11) is 0. The lowest BCUT2D eigenvalue weighted by Crippen LogP contribution is -2.08. The van der Waals surface area contributed by atoms with Crippen molar-refractivity contribution in [1.82, 2.24) is 15.0 Å². The SMILES string of the molecule is C=C(C)C(=O)OCCc1ccc(O)c(-n2nc3ccc(Cl)cc3n2)c1. The minimum Gasteiger partial charge on any atom is -0.506 e. The van der Waals surface area contributed by atoms with Crippen LogP contribution in [-0.4, -0.2) is 32.7 Å². The highest BCUT2D eigenvalue weighted by Gasteiger charge is 2.11. The first-order valence-electron chi connectivity index (χ1n) is 7.61. The number of ether oxygens (including phenoxy) is 1. The summed E-state index contributed by atoms with van der Waals surface area (Å²) in [6.45, 7) is 5.36. The predicted molar refractivity (Wildman–Crippen MR) is 95.0 cm³/mol. The summed E-state index contributed by atoms with van der Waals surface area (Å²) in [6, 6.07) is 10.3. The van der Waals surface area contributed by atoms with E-state index in [0.717, 1.165) is 5.56 Å². The van der Waals surface area contributed by atoms with Crippen LogP contribution in [0.3, 0.4) is 0 Å². The normalized spacial score (nSPS) is 10.8. The number of aromatic nitrogens is 3. The van der Waals surface area contributed by atoms with Gasteiger partial charge < -0.3 is 9.84 Å². The van der Waals surface area contributed by atoms with Gasteiger partial charge in [0.1, 0.15) is 22.5 Å². The van der Waals surface area contributed by atoms with E-state index in [9.17, 15) is 9.90 Å². The van der Waals surface area contributed by atoms with Gasteiger partial charge in [0.2, 0.25) is 0 Å². The summed E-state index contributed by atoms with van der Waals surface area (Å²) in [4.78, 5) is 12.8. The molecule has 1 heterocycles. The molecule has 0 radical (unpaired) electrons. The molecule has 0 saturated carbocycles. The molecule has 3 aromatic rings. The Balaban J connectivity index is 1.83. The Morgan fingerprint density at radius 1 is 1.24 bits per heavy atom. The van der Waals surface area contributed by atoms with E-state index in [0.29, 0.717) is 33.7 Å². The number of phenols is 1. The Morgan fingerprint density at radius 3 is 2.76 bits per heavy atom. The van der Waals surface area contributed by atoms with Gasteiger partial charge in [0.15, 0.2) is 0 Å². The molecule has 128 valence electrons. The predicted octanol–water partition coefficient (Wildman–Crippen LogP) is 3.44. The molecule has 0 unspecified atom stereocenters. The minimum atomic E-state index is -0.420. The maximum atomic E-state index is 11.4. The number of esters is 1. The molecule has 1 aromatic heterocycles. The second-order valence-electron chi connectivity index (χ2n) is 5.61. The van der Waals surface area contributed by atoms with Crippen LogP contribution in [0.15, 0.2) is 48.6 Å². The zero-order chi connectivity index (χ0) is 18.0. The van der Waals surface area contributed by atoms with Crippen LogP contribution in [0.4, 0.5) is 0 Å². The van der Waals surface area contributed by atoms with Gasteiger partial charge in [-0.2, -0.15) is 0 Å². The summed E-state index contributed by atoms with van der Waals surface area (Å²) < 4.78 is 5.09. The number of hydrogen-bond acceptors (Lipinski definition) is 5. The summed E-state index contributed by atoms with van der Waals surface area (Å²) >= 11 is 5.96. The van der Waals surface area contributed by atoms with Crippen LogP contribution in [0.2, 0.25) is 5.02 Å². The standard InChI is InChI=1S/C18H16ClN3O3/c1-11(2)18(24)25-8-7-12-3-6-17(23)16(9-12)22-20-14-5-4-13(19)10-15(14)21-22/h3-6,9-10,23H,1,7-8H2,2H3. The maximum absolute atomic E-state index is 11.4. The molecular weight excluding hydrogens is 342 g/mol. The zero-order valence-electron chi connectivity index (χ0n) is 13.6. The summed E-state index contributed by atoms with van der Waals surface area (Å²) in [5.74, 6) is -0.370. The number of benzene rings is 2. The van der Waals surface area contributed by atoms with E-state index in [1.807, 2.05) is 0 Å². The second kappa shape index (κ2) is 6.94. The number of phenolic OH excluding ortho intramolecular Hbond substituents is 1. The van der Waals surface area contributed by atoms with Crippen molar-refractivity contribution in [2.45, 2.75) is 13.3 Å². The number of carbonyl (C=O) groups excluding carboxylic acids is 1. The molecule has 0 aliphatic rings. The highest BCUT2D eigenvalue weighted by Crippen LogP contribution is 2.24. The van der Waals surface area contributed by atoms with Gasteiger partial charge in [0.05, 0.1) is 6.61 Å². The molecule has 0 fully saturated rings. The van der Waals surface area contributed by atoms with Gasteiger partial charge in [-0.15, -0.1) is 15.0 Å². The summed E-state index contributed by atoms with van der Waals surface area (Å²) in [5.41, 5.74) is 2.98. The van der Waals surface area contributed by atoms with E-state index in [-0.39, 0.29) is 12.4 Å². The highest BCUT2D eigenvalue weighted by molar-refractivity contribution is 6.31. The molecule has 0 saturated heterocycles. The molecule has 0 amide bonds. The third-order valence-electron chi connectivity index (χ3n) is 3.57. The van der Waals surface area contributed by atoms with Gasteiger partial charge in [-0.3, -0.25) is 0 Å². The first-order chi connectivity index (χ1) is 11.9. The van der Waals surface area contributed by atoms with E-state index in [1.54, 1.807) is 43.3 Å². The third-order valence-corrected chi connectivity index (χ3v) is 3.81. The van der Waals surface area contributed by atoms with E-state index < -0.39 is 5.97 Å². The molecule has 0 aliphatic carbocycles. The Morgan fingerprint density at radius 2 is 2.00 bits per heavy atom.